The first kappa shape index (κ1) is 18.2. The molecule has 11 heavy (non-hydrogen) atoms. The molecule has 0 aromatic carbocycles. The van der Waals surface area contributed by atoms with Crippen molar-refractivity contribution < 1.29 is 92.3 Å². The van der Waals surface area contributed by atoms with E-state index in [2.05, 4.69) is 0 Å². The average molecular weight is 379 g/mol. The van der Waals surface area contributed by atoms with E-state index in [-0.39, 0.29) is 29.6 Å². The fraction of sp³-hybridized carbons (Fsp3) is 0. The molecular formula is INaO8Ru. The maximum atomic E-state index is 8.62. The van der Waals surface area contributed by atoms with Gasteiger partial charge in [0.05, 0.1) is 0 Å². The summed E-state index contributed by atoms with van der Waals surface area (Å²) in [5.74, 6) is 0. The molecule has 0 atom stereocenters. The minimum absolute atomic E-state index is 0. The standard InChI is InChI=1S/IO4.Na.4O.Ru/c2-1(3,4)5;;;;;;/q-1;+1;;;;;. The molecule has 0 bridgehead atoms. The van der Waals surface area contributed by atoms with Gasteiger partial charge < -0.3 is 0 Å². The van der Waals surface area contributed by atoms with Gasteiger partial charge in [0.25, 0.3) is 0 Å². The molecule has 0 rings (SSSR count). The van der Waals surface area contributed by atoms with Crippen LogP contribution in [0.3, 0.4) is 0 Å². The van der Waals surface area contributed by atoms with Crippen LogP contribution in [-0.4, -0.2) is 0 Å². The van der Waals surface area contributed by atoms with Gasteiger partial charge in [0.1, 0.15) is 20.1 Å². The van der Waals surface area contributed by atoms with Crippen molar-refractivity contribution >= 4 is 0 Å². The zero-order valence-corrected chi connectivity index (χ0v) is 10.9. The van der Waals surface area contributed by atoms with Crippen LogP contribution in [-0.2, 0) is 28.9 Å². The van der Waals surface area contributed by atoms with Crippen molar-refractivity contribution in [1.82, 2.24) is 0 Å². The van der Waals surface area contributed by atoms with Crippen LogP contribution in [0.2, 0.25) is 0 Å². The van der Waals surface area contributed by atoms with Gasteiger partial charge in [0.2, 0.25) is 0 Å². The van der Waals surface area contributed by atoms with E-state index >= 15 is 0 Å². The predicted molar refractivity (Wildman–Crippen MR) is 2.75 cm³/mol. The predicted octanol–water partition coefficient (Wildman–Crippen LogP) is -11.2. The van der Waals surface area contributed by atoms with Crippen LogP contribution < -0.4 is 63.4 Å². The van der Waals surface area contributed by atoms with Gasteiger partial charge in [-0.25, -0.2) is 0 Å². The molecule has 0 aromatic rings. The molecule has 0 aromatic heterocycles. The van der Waals surface area contributed by atoms with Crippen LogP contribution >= 0.6 is 0 Å². The monoisotopic (exact) mass is 380 g/mol. The molecule has 11 heteroatoms. The van der Waals surface area contributed by atoms with Gasteiger partial charge in [-0.2, -0.15) is 0 Å². The summed E-state index contributed by atoms with van der Waals surface area (Å²) in [5, 5.41) is 0. The van der Waals surface area contributed by atoms with E-state index in [1.54, 1.807) is 0 Å². The molecule has 0 heterocycles. The molecule has 0 amide bonds. The Hall–Kier alpha value is 1.39. The van der Waals surface area contributed by atoms with E-state index in [0.717, 1.165) is 0 Å². The first-order valence-corrected chi connectivity index (χ1v) is 7.56. The molecule has 64 valence electrons. The quantitative estimate of drug-likeness (QED) is 0.296. The first-order chi connectivity index (χ1) is 4.00. The van der Waals surface area contributed by atoms with Crippen molar-refractivity contribution in [3.63, 3.8) is 0 Å². The Kier molecular flexibility index (Phi) is 11.4. The van der Waals surface area contributed by atoms with Crippen LogP contribution in [0.25, 0.3) is 0 Å². The third kappa shape index (κ3) is 518. The van der Waals surface area contributed by atoms with Crippen molar-refractivity contribution in [1.29, 1.82) is 0 Å². The summed E-state index contributed by atoms with van der Waals surface area (Å²) in [6, 6.07) is 0. The molecule has 0 fully saturated rings. The Morgan fingerprint density at radius 3 is 0.818 bits per heavy atom. The van der Waals surface area contributed by atoms with Crippen LogP contribution in [0.5, 0.6) is 0 Å². The Bertz CT molecular complexity index is 226. The molecule has 0 spiro atoms. The summed E-state index contributed by atoms with van der Waals surface area (Å²) in [7, 11) is 0. The van der Waals surface area contributed by atoms with Gasteiger partial charge in [0, 0.05) is 0 Å². The minimum atomic E-state index is -5.94. The second-order valence-corrected chi connectivity index (χ2v) is 4.63. The normalized spacial score (nSPS) is 10.5. The Balaban J connectivity index is -0.000000107. The molecular weight excluding hydrogens is 379 g/mol. The van der Waals surface area contributed by atoms with Crippen molar-refractivity contribution in [3.05, 3.63) is 0 Å². The summed E-state index contributed by atoms with van der Waals surface area (Å²) in [5.41, 5.74) is 0. The second-order valence-electron chi connectivity index (χ2n) is 0.732. The molecule has 0 N–H and O–H groups in total. The van der Waals surface area contributed by atoms with Gasteiger partial charge in [0.15, 0.2) is 0 Å². The van der Waals surface area contributed by atoms with Crippen LogP contribution in [0.15, 0.2) is 0 Å². The van der Waals surface area contributed by atoms with Gasteiger partial charge in [-0.3, -0.25) is 13.7 Å². The Morgan fingerprint density at radius 2 is 0.818 bits per heavy atom. The zero-order valence-electron chi connectivity index (χ0n) is 5.00. The van der Waals surface area contributed by atoms with Crippen LogP contribution in [0, 0.1) is 0 Å². The summed E-state index contributed by atoms with van der Waals surface area (Å²) in [4.78, 5) is 0. The van der Waals surface area contributed by atoms with Crippen LogP contribution in [0.4, 0.5) is 0 Å². The van der Waals surface area contributed by atoms with Crippen molar-refractivity contribution in [2.45, 2.75) is 0 Å². The van der Waals surface area contributed by atoms with Gasteiger partial charge >= 0.3 is 58.4 Å². The maximum absolute atomic E-state index is 8.62. The molecule has 0 radical (unpaired) electrons. The summed E-state index contributed by atoms with van der Waals surface area (Å²) < 4.78 is 68.9. The Morgan fingerprint density at radius 1 is 0.818 bits per heavy atom. The summed E-state index contributed by atoms with van der Waals surface area (Å²) >= 11 is -11.8. The van der Waals surface area contributed by atoms with E-state index in [1.165, 1.54) is 0 Å². The van der Waals surface area contributed by atoms with E-state index in [1.807, 2.05) is 0 Å². The van der Waals surface area contributed by atoms with Gasteiger partial charge in [-0.15, -0.1) is 0 Å². The van der Waals surface area contributed by atoms with Gasteiger partial charge in [-0.1, -0.05) is 0 Å². The van der Waals surface area contributed by atoms with Gasteiger partial charge in [-0.05, 0) is 0 Å². The molecule has 0 aliphatic carbocycles. The Labute approximate surface area is 91.1 Å². The number of halogens is 1. The van der Waals surface area contributed by atoms with E-state index in [0.29, 0.717) is 0 Å². The topological polar surface area (TPSA) is 161 Å². The number of hydrogen-bond donors (Lipinski definition) is 0. The molecule has 0 aliphatic rings. The zero-order chi connectivity index (χ0) is 9.00. The van der Waals surface area contributed by atoms with E-state index in [9.17, 15) is 0 Å². The third-order valence-electron chi connectivity index (χ3n) is 0. The number of rotatable bonds is 0. The SMILES string of the molecule is [Na+].[O-][I+3]([O-])([O-])[O-].[O]=[Ru](=[O])(=[O])=[O]. The molecule has 0 aliphatic heterocycles. The fourth-order valence-corrected chi connectivity index (χ4v) is 0. The summed E-state index contributed by atoms with van der Waals surface area (Å²) in [6.07, 6.45) is 0. The average Bonchev–Trinajstić information content (AvgIpc) is 1.12. The van der Waals surface area contributed by atoms with Crippen LogP contribution in [0.1, 0.15) is 0 Å². The van der Waals surface area contributed by atoms with E-state index < -0.39 is 34.7 Å². The molecule has 0 saturated heterocycles. The molecule has 8 nitrogen and oxygen atoms in total. The number of hydrogen-bond acceptors (Lipinski definition) is 8. The molecule has 0 unspecified atom stereocenters. The fourth-order valence-electron chi connectivity index (χ4n) is 0. The summed E-state index contributed by atoms with van der Waals surface area (Å²) in [6.45, 7) is 0. The van der Waals surface area contributed by atoms with Crippen molar-refractivity contribution in [3.8, 4) is 0 Å². The van der Waals surface area contributed by atoms with E-state index in [4.69, 9.17) is 28.0 Å². The van der Waals surface area contributed by atoms with Crippen molar-refractivity contribution in [2.75, 3.05) is 0 Å². The second kappa shape index (κ2) is 6.86. The molecule has 0 saturated carbocycles. The van der Waals surface area contributed by atoms with Crippen molar-refractivity contribution in [2.24, 2.45) is 0 Å². The third-order valence-corrected chi connectivity index (χ3v) is 0. The first-order valence-electron chi connectivity index (χ1n) is 1.19.